The number of nitriles is 1. The number of ether oxygens (including phenoxy) is 1. The molecule has 0 aliphatic heterocycles. The van der Waals surface area contributed by atoms with Crippen LogP contribution < -0.4 is 4.74 Å². The Balaban J connectivity index is 1.95. The summed E-state index contributed by atoms with van der Waals surface area (Å²) in [6, 6.07) is 18.4. The van der Waals surface area contributed by atoms with Gasteiger partial charge in [0.25, 0.3) is 0 Å². The van der Waals surface area contributed by atoms with E-state index in [0.717, 1.165) is 16.9 Å². The lowest BCUT2D eigenvalue weighted by atomic mass is 9.98. The molecule has 2 aromatic carbocycles. The molecular formula is C18H19NO. The first kappa shape index (κ1) is 14.1. The molecule has 0 N–H and O–H groups in total. The van der Waals surface area contributed by atoms with Crippen molar-refractivity contribution >= 4 is 0 Å². The number of nitrogens with zero attached hydrogens (tertiary/aromatic N) is 1. The van der Waals surface area contributed by atoms with Crippen molar-refractivity contribution in [2.45, 2.75) is 26.2 Å². The molecule has 2 aromatic rings. The Labute approximate surface area is 120 Å². The van der Waals surface area contributed by atoms with E-state index in [9.17, 15) is 5.26 Å². The Morgan fingerprint density at radius 1 is 1.10 bits per heavy atom. The minimum absolute atomic E-state index is 0.110. The molecule has 0 aliphatic rings. The van der Waals surface area contributed by atoms with E-state index < -0.39 is 0 Å². The molecule has 0 heterocycles. The number of benzene rings is 2. The van der Waals surface area contributed by atoms with E-state index in [0.29, 0.717) is 13.0 Å². The second-order valence-corrected chi connectivity index (χ2v) is 5.00. The largest absolute Gasteiger partial charge is 0.493 e. The molecule has 20 heavy (non-hydrogen) atoms. The highest BCUT2D eigenvalue weighted by atomic mass is 16.5. The average Bonchev–Trinajstić information content (AvgIpc) is 2.48. The van der Waals surface area contributed by atoms with Gasteiger partial charge in [-0.3, -0.25) is 0 Å². The van der Waals surface area contributed by atoms with Crippen molar-refractivity contribution in [2.75, 3.05) is 6.61 Å². The molecular weight excluding hydrogens is 246 g/mol. The van der Waals surface area contributed by atoms with Crippen LogP contribution in [0.4, 0.5) is 0 Å². The summed E-state index contributed by atoms with van der Waals surface area (Å²) in [6.45, 7) is 4.64. The minimum atomic E-state index is -0.110. The van der Waals surface area contributed by atoms with Crippen molar-refractivity contribution in [3.8, 4) is 11.8 Å². The molecule has 102 valence electrons. The zero-order chi connectivity index (χ0) is 14.4. The van der Waals surface area contributed by atoms with E-state index in [1.54, 1.807) is 0 Å². The first-order valence-electron chi connectivity index (χ1n) is 6.85. The van der Waals surface area contributed by atoms with Gasteiger partial charge in [0.15, 0.2) is 0 Å². The van der Waals surface area contributed by atoms with Gasteiger partial charge in [0.2, 0.25) is 0 Å². The topological polar surface area (TPSA) is 33.0 Å². The normalized spacial score (nSPS) is 11.7. The zero-order valence-corrected chi connectivity index (χ0v) is 12.0. The smallest absolute Gasteiger partial charge is 0.122 e. The molecule has 0 aromatic heterocycles. The van der Waals surface area contributed by atoms with Gasteiger partial charge < -0.3 is 4.74 Å². The van der Waals surface area contributed by atoms with E-state index >= 15 is 0 Å². The lowest BCUT2D eigenvalue weighted by Gasteiger charge is -2.12. The molecule has 0 spiro atoms. The molecule has 2 nitrogen and oxygen atoms in total. The Kier molecular flexibility index (Phi) is 4.79. The average molecular weight is 265 g/mol. The lowest BCUT2D eigenvalue weighted by Crippen LogP contribution is -2.05. The standard InChI is InChI=1S/C18H19NO/c1-14-8-9-15(2)18(12-14)20-11-10-17(13-19)16-6-4-3-5-7-16/h3-9,12,17H,10-11H2,1-2H3. The molecule has 1 atom stereocenters. The molecule has 0 fully saturated rings. The maximum Gasteiger partial charge on any atom is 0.122 e. The summed E-state index contributed by atoms with van der Waals surface area (Å²) in [5.41, 5.74) is 3.37. The zero-order valence-electron chi connectivity index (χ0n) is 12.0. The van der Waals surface area contributed by atoms with E-state index in [4.69, 9.17) is 4.74 Å². The van der Waals surface area contributed by atoms with Gasteiger partial charge in [0.1, 0.15) is 5.75 Å². The second kappa shape index (κ2) is 6.77. The van der Waals surface area contributed by atoms with Crippen LogP contribution in [0.25, 0.3) is 0 Å². The maximum absolute atomic E-state index is 9.27. The monoisotopic (exact) mass is 265 g/mol. The quantitative estimate of drug-likeness (QED) is 0.803. The van der Waals surface area contributed by atoms with E-state index in [-0.39, 0.29) is 5.92 Å². The third kappa shape index (κ3) is 3.61. The van der Waals surface area contributed by atoms with Gasteiger partial charge in [0, 0.05) is 6.42 Å². The fourth-order valence-corrected chi connectivity index (χ4v) is 2.14. The van der Waals surface area contributed by atoms with Gasteiger partial charge in [-0.2, -0.15) is 5.26 Å². The molecule has 0 amide bonds. The van der Waals surface area contributed by atoms with Crippen molar-refractivity contribution in [3.05, 3.63) is 65.2 Å². The SMILES string of the molecule is Cc1ccc(C)c(OCCC(C#N)c2ccccc2)c1. The van der Waals surface area contributed by atoms with Gasteiger partial charge >= 0.3 is 0 Å². The highest BCUT2D eigenvalue weighted by molar-refractivity contribution is 5.36. The Hall–Kier alpha value is -2.27. The Morgan fingerprint density at radius 3 is 2.55 bits per heavy atom. The summed E-state index contributed by atoms with van der Waals surface area (Å²) in [4.78, 5) is 0. The number of hydrogen-bond acceptors (Lipinski definition) is 2. The summed E-state index contributed by atoms with van der Waals surface area (Å²) in [5.74, 6) is 0.802. The summed E-state index contributed by atoms with van der Waals surface area (Å²) in [7, 11) is 0. The first-order valence-corrected chi connectivity index (χ1v) is 6.85. The van der Waals surface area contributed by atoms with Gasteiger partial charge in [0.05, 0.1) is 18.6 Å². The van der Waals surface area contributed by atoms with Gasteiger partial charge in [-0.1, -0.05) is 42.5 Å². The molecule has 0 saturated heterocycles. The molecule has 0 aliphatic carbocycles. The van der Waals surface area contributed by atoms with E-state index in [1.807, 2.05) is 50.2 Å². The Morgan fingerprint density at radius 2 is 1.85 bits per heavy atom. The highest BCUT2D eigenvalue weighted by Crippen LogP contribution is 2.22. The maximum atomic E-state index is 9.27. The molecule has 2 rings (SSSR count). The van der Waals surface area contributed by atoms with Gasteiger partial charge in [-0.25, -0.2) is 0 Å². The van der Waals surface area contributed by atoms with Crippen LogP contribution in [0.2, 0.25) is 0 Å². The van der Waals surface area contributed by atoms with E-state index in [1.165, 1.54) is 5.56 Å². The molecule has 0 bridgehead atoms. The highest BCUT2D eigenvalue weighted by Gasteiger charge is 2.10. The van der Waals surface area contributed by atoms with Crippen LogP contribution in [0.15, 0.2) is 48.5 Å². The van der Waals surface area contributed by atoms with Crippen LogP contribution in [0.3, 0.4) is 0 Å². The van der Waals surface area contributed by atoms with Crippen molar-refractivity contribution in [3.63, 3.8) is 0 Å². The van der Waals surface area contributed by atoms with Crippen LogP contribution in [0, 0.1) is 25.2 Å². The number of aryl methyl sites for hydroxylation is 2. The van der Waals surface area contributed by atoms with Crippen molar-refractivity contribution in [2.24, 2.45) is 0 Å². The summed E-state index contributed by atoms with van der Waals surface area (Å²) >= 11 is 0. The Bertz CT molecular complexity index is 599. The lowest BCUT2D eigenvalue weighted by molar-refractivity contribution is 0.304. The number of rotatable bonds is 5. The van der Waals surface area contributed by atoms with E-state index in [2.05, 4.69) is 18.2 Å². The summed E-state index contributed by atoms with van der Waals surface area (Å²) in [5, 5.41) is 9.27. The van der Waals surface area contributed by atoms with Crippen LogP contribution in [-0.2, 0) is 0 Å². The molecule has 1 unspecified atom stereocenters. The first-order chi connectivity index (χ1) is 9.70. The fourth-order valence-electron chi connectivity index (χ4n) is 2.14. The van der Waals surface area contributed by atoms with Crippen LogP contribution in [0.1, 0.15) is 29.0 Å². The predicted molar refractivity (Wildman–Crippen MR) is 80.8 cm³/mol. The van der Waals surface area contributed by atoms with Gasteiger partial charge in [-0.05, 0) is 36.6 Å². The molecule has 0 saturated carbocycles. The third-order valence-corrected chi connectivity index (χ3v) is 3.37. The second-order valence-electron chi connectivity index (χ2n) is 5.00. The third-order valence-electron chi connectivity index (χ3n) is 3.37. The van der Waals surface area contributed by atoms with Crippen LogP contribution in [0.5, 0.6) is 5.75 Å². The fraction of sp³-hybridized carbons (Fsp3) is 0.278. The predicted octanol–water partition coefficient (Wildman–Crippen LogP) is 4.38. The minimum Gasteiger partial charge on any atom is -0.493 e. The van der Waals surface area contributed by atoms with Crippen molar-refractivity contribution in [1.29, 1.82) is 5.26 Å². The summed E-state index contributed by atoms with van der Waals surface area (Å²) in [6.07, 6.45) is 0.702. The van der Waals surface area contributed by atoms with Crippen molar-refractivity contribution in [1.82, 2.24) is 0 Å². The van der Waals surface area contributed by atoms with Crippen LogP contribution >= 0.6 is 0 Å². The van der Waals surface area contributed by atoms with Gasteiger partial charge in [-0.15, -0.1) is 0 Å². The molecule has 0 radical (unpaired) electrons. The molecule has 2 heteroatoms. The summed E-state index contributed by atoms with van der Waals surface area (Å²) < 4.78 is 5.82. The van der Waals surface area contributed by atoms with Crippen molar-refractivity contribution < 1.29 is 4.74 Å². The van der Waals surface area contributed by atoms with Crippen LogP contribution in [-0.4, -0.2) is 6.61 Å². The number of hydrogen-bond donors (Lipinski definition) is 0.